The fourth-order valence-electron chi connectivity index (χ4n) is 3.72. The molecule has 0 radical (unpaired) electrons. The second-order valence-corrected chi connectivity index (χ2v) is 7.65. The third-order valence-electron chi connectivity index (χ3n) is 5.30. The van der Waals surface area contributed by atoms with E-state index < -0.39 is 0 Å². The SMILES string of the molecule is O=C(NCc1cccc2[nH]ccc12)[C@H]1CCC(=O)N(Cc2ccc(Cl)cc2)C1. The minimum atomic E-state index is -0.185. The number of aromatic amines is 1. The lowest BCUT2D eigenvalue weighted by Crippen LogP contribution is -2.45. The van der Waals surface area contributed by atoms with Gasteiger partial charge in [0.25, 0.3) is 0 Å². The number of H-pyrrole nitrogens is 1. The molecule has 2 N–H and O–H groups in total. The van der Waals surface area contributed by atoms with Gasteiger partial charge < -0.3 is 15.2 Å². The van der Waals surface area contributed by atoms with Crippen molar-refractivity contribution < 1.29 is 9.59 Å². The highest BCUT2D eigenvalue weighted by molar-refractivity contribution is 6.30. The summed E-state index contributed by atoms with van der Waals surface area (Å²) in [6.45, 7) is 1.43. The summed E-state index contributed by atoms with van der Waals surface area (Å²) in [7, 11) is 0. The van der Waals surface area contributed by atoms with Crippen LogP contribution >= 0.6 is 11.6 Å². The molecule has 144 valence electrons. The van der Waals surface area contributed by atoms with Crippen molar-refractivity contribution in [2.45, 2.75) is 25.9 Å². The van der Waals surface area contributed by atoms with Crippen LogP contribution in [-0.2, 0) is 22.7 Å². The van der Waals surface area contributed by atoms with Crippen molar-refractivity contribution in [3.8, 4) is 0 Å². The minimum absolute atomic E-state index is 0.00106. The Kier molecular flexibility index (Phi) is 5.35. The lowest BCUT2D eigenvalue weighted by atomic mass is 9.96. The number of likely N-dealkylation sites (tertiary alicyclic amines) is 1. The Morgan fingerprint density at radius 3 is 2.82 bits per heavy atom. The first-order valence-corrected chi connectivity index (χ1v) is 9.83. The van der Waals surface area contributed by atoms with Gasteiger partial charge >= 0.3 is 0 Å². The van der Waals surface area contributed by atoms with Crippen LogP contribution in [0.4, 0.5) is 0 Å². The summed E-state index contributed by atoms with van der Waals surface area (Å²) < 4.78 is 0. The van der Waals surface area contributed by atoms with Gasteiger partial charge in [0.2, 0.25) is 11.8 Å². The van der Waals surface area contributed by atoms with E-state index in [9.17, 15) is 9.59 Å². The van der Waals surface area contributed by atoms with Gasteiger partial charge in [0.1, 0.15) is 0 Å². The van der Waals surface area contributed by atoms with Crippen LogP contribution in [-0.4, -0.2) is 28.2 Å². The number of nitrogens with one attached hydrogen (secondary N) is 2. The van der Waals surface area contributed by atoms with Gasteiger partial charge in [-0.3, -0.25) is 9.59 Å². The van der Waals surface area contributed by atoms with Crippen LogP contribution in [0, 0.1) is 5.92 Å². The predicted octanol–water partition coefficient (Wildman–Crippen LogP) is 3.88. The molecule has 1 aliphatic heterocycles. The summed E-state index contributed by atoms with van der Waals surface area (Å²) in [4.78, 5) is 30.0. The first kappa shape index (κ1) is 18.6. The Hall–Kier alpha value is -2.79. The summed E-state index contributed by atoms with van der Waals surface area (Å²) >= 11 is 5.93. The smallest absolute Gasteiger partial charge is 0.225 e. The van der Waals surface area contributed by atoms with Crippen LogP contribution in [0.3, 0.4) is 0 Å². The first-order chi connectivity index (χ1) is 13.6. The first-order valence-electron chi connectivity index (χ1n) is 9.45. The molecule has 1 aliphatic rings. The Morgan fingerprint density at radius 1 is 1.18 bits per heavy atom. The molecule has 0 spiro atoms. The van der Waals surface area contributed by atoms with E-state index in [4.69, 9.17) is 11.6 Å². The van der Waals surface area contributed by atoms with E-state index in [1.807, 2.05) is 54.7 Å². The van der Waals surface area contributed by atoms with E-state index in [1.54, 1.807) is 4.90 Å². The van der Waals surface area contributed by atoms with Crippen molar-refractivity contribution in [2.24, 2.45) is 5.92 Å². The summed E-state index contributed by atoms with van der Waals surface area (Å²) in [5.41, 5.74) is 3.15. The third kappa shape index (κ3) is 4.04. The molecule has 1 atom stereocenters. The average molecular weight is 396 g/mol. The number of fused-ring (bicyclic) bond motifs is 1. The van der Waals surface area contributed by atoms with Gasteiger partial charge in [0.05, 0.1) is 5.92 Å². The van der Waals surface area contributed by atoms with Crippen molar-refractivity contribution in [1.82, 2.24) is 15.2 Å². The molecule has 2 heterocycles. The average Bonchev–Trinajstić information content (AvgIpc) is 3.19. The van der Waals surface area contributed by atoms with Gasteiger partial charge in [-0.2, -0.15) is 0 Å². The van der Waals surface area contributed by atoms with Crippen LogP contribution in [0.25, 0.3) is 10.9 Å². The standard InChI is InChI=1S/C22H22ClN3O2/c23-18-7-4-15(5-8-18)13-26-14-17(6-9-21(26)27)22(28)25-12-16-2-1-3-20-19(16)10-11-24-20/h1-5,7-8,10-11,17,24H,6,9,12-14H2,(H,25,28)/t17-/m0/s1. The van der Waals surface area contributed by atoms with E-state index in [2.05, 4.69) is 10.3 Å². The van der Waals surface area contributed by atoms with Crippen molar-refractivity contribution >= 4 is 34.3 Å². The van der Waals surface area contributed by atoms with Crippen molar-refractivity contribution in [3.05, 3.63) is 70.9 Å². The van der Waals surface area contributed by atoms with E-state index >= 15 is 0 Å². The Labute approximate surface area is 168 Å². The van der Waals surface area contributed by atoms with Crippen LogP contribution in [0.15, 0.2) is 54.7 Å². The number of hydrogen-bond donors (Lipinski definition) is 2. The lowest BCUT2D eigenvalue weighted by molar-refractivity contribution is -0.138. The summed E-state index contributed by atoms with van der Waals surface area (Å²) in [5, 5.41) is 4.84. The van der Waals surface area contributed by atoms with Gasteiger partial charge in [-0.05, 0) is 41.8 Å². The molecule has 1 fully saturated rings. The number of carbonyl (C=O) groups is 2. The highest BCUT2D eigenvalue weighted by Crippen LogP contribution is 2.22. The fraction of sp³-hybridized carbons (Fsp3) is 0.273. The van der Waals surface area contributed by atoms with Crippen LogP contribution in [0.5, 0.6) is 0 Å². The van der Waals surface area contributed by atoms with E-state index in [0.29, 0.717) is 37.5 Å². The molecular weight excluding hydrogens is 374 g/mol. The molecule has 6 heteroatoms. The molecule has 28 heavy (non-hydrogen) atoms. The largest absolute Gasteiger partial charge is 0.361 e. The number of halogens is 1. The summed E-state index contributed by atoms with van der Waals surface area (Å²) in [6, 6.07) is 15.5. The third-order valence-corrected chi connectivity index (χ3v) is 5.55. The monoisotopic (exact) mass is 395 g/mol. The second-order valence-electron chi connectivity index (χ2n) is 7.21. The Balaban J connectivity index is 1.38. The number of carbonyl (C=O) groups excluding carboxylic acids is 2. The molecule has 4 rings (SSSR count). The van der Waals surface area contributed by atoms with Crippen LogP contribution in [0.2, 0.25) is 5.02 Å². The predicted molar refractivity (Wildman–Crippen MR) is 110 cm³/mol. The molecule has 0 bridgehead atoms. The van der Waals surface area contributed by atoms with Crippen LogP contribution in [0.1, 0.15) is 24.0 Å². The Bertz CT molecular complexity index is 996. The molecule has 5 nitrogen and oxygen atoms in total. The maximum Gasteiger partial charge on any atom is 0.225 e. The molecule has 1 aromatic heterocycles. The molecule has 0 saturated carbocycles. The fourth-order valence-corrected chi connectivity index (χ4v) is 3.85. The Morgan fingerprint density at radius 2 is 2.00 bits per heavy atom. The normalized spacial score (nSPS) is 17.1. The number of amides is 2. The molecule has 2 aromatic carbocycles. The van der Waals surface area contributed by atoms with Gasteiger partial charge in [-0.15, -0.1) is 0 Å². The number of aromatic nitrogens is 1. The molecule has 1 saturated heterocycles. The van der Waals surface area contributed by atoms with E-state index in [0.717, 1.165) is 22.0 Å². The van der Waals surface area contributed by atoms with E-state index in [-0.39, 0.29) is 17.7 Å². The van der Waals surface area contributed by atoms with Gasteiger partial charge in [0, 0.05) is 48.2 Å². The molecular formula is C22H22ClN3O2. The highest BCUT2D eigenvalue weighted by Gasteiger charge is 2.30. The zero-order valence-corrected chi connectivity index (χ0v) is 16.2. The number of hydrogen-bond acceptors (Lipinski definition) is 2. The lowest BCUT2D eigenvalue weighted by Gasteiger charge is -2.32. The molecule has 0 aliphatic carbocycles. The topological polar surface area (TPSA) is 65.2 Å². The number of benzene rings is 2. The van der Waals surface area contributed by atoms with Crippen molar-refractivity contribution in [1.29, 1.82) is 0 Å². The highest BCUT2D eigenvalue weighted by atomic mass is 35.5. The quantitative estimate of drug-likeness (QED) is 0.688. The summed E-state index contributed by atoms with van der Waals surface area (Å²) in [6.07, 6.45) is 2.90. The number of rotatable bonds is 5. The zero-order valence-electron chi connectivity index (χ0n) is 15.5. The summed E-state index contributed by atoms with van der Waals surface area (Å²) in [5.74, 6) is -0.0901. The maximum atomic E-state index is 12.7. The maximum absolute atomic E-state index is 12.7. The molecule has 2 amide bonds. The number of nitrogens with zero attached hydrogens (tertiary/aromatic N) is 1. The van der Waals surface area contributed by atoms with Crippen molar-refractivity contribution in [2.75, 3.05) is 6.54 Å². The van der Waals surface area contributed by atoms with Crippen molar-refractivity contribution in [3.63, 3.8) is 0 Å². The van der Waals surface area contributed by atoms with Gasteiger partial charge in [0.15, 0.2) is 0 Å². The van der Waals surface area contributed by atoms with Crippen LogP contribution < -0.4 is 5.32 Å². The molecule has 3 aromatic rings. The van der Waals surface area contributed by atoms with Gasteiger partial charge in [-0.1, -0.05) is 35.9 Å². The second kappa shape index (κ2) is 8.07. The molecule has 0 unspecified atom stereocenters. The zero-order chi connectivity index (χ0) is 19.5. The van der Waals surface area contributed by atoms with E-state index in [1.165, 1.54) is 0 Å². The number of piperidine rings is 1. The minimum Gasteiger partial charge on any atom is -0.361 e. The van der Waals surface area contributed by atoms with Gasteiger partial charge in [-0.25, -0.2) is 0 Å².